The summed E-state index contributed by atoms with van der Waals surface area (Å²) in [6.07, 6.45) is 6.67. The van der Waals surface area contributed by atoms with Crippen molar-refractivity contribution < 1.29 is 17.0 Å². The van der Waals surface area contributed by atoms with Crippen LogP contribution in [0.4, 0.5) is 0 Å². The van der Waals surface area contributed by atoms with Crippen molar-refractivity contribution in [2.75, 3.05) is 26.2 Å². The first-order valence-electron chi connectivity index (χ1n) is 10.9. The van der Waals surface area contributed by atoms with Crippen molar-refractivity contribution in [1.29, 1.82) is 0 Å². The zero-order chi connectivity index (χ0) is 21.1. The van der Waals surface area contributed by atoms with E-state index in [1.165, 1.54) is 19.5 Å². The molecule has 1 aliphatic heterocycles. The van der Waals surface area contributed by atoms with Crippen LogP contribution in [0.5, 0.6) is 0 Å². The van der Waals surface area contributed by atoms with Gasteiger partial charge in [-0.2, -0.15) is 0 Å². The number of halogens is 2. The van der Waals surface area contributed by atoms with E-state index >= 15 is 0 Å². The fraction of sp³-hybridized carbons (Fsp3) is 0.783. The summed E-state index contributed by atoms with van der Waals surface area (Å²) in [7, 11) is 8.31. The van der Waals surface area contributed by atoms with Crippen molar-refractivity contribution in [2.45, 2.75) is 59.7 Å². The van der Waals surface area contributed by atoms with Gasteiger partial charge in [0.2, 0.25) is 0 Å². The topological polar surface area (TPSA) is 17.3 Å². The fourth-order valence-corrected chi connectivity index (χ4v) is 10.6. The minimum atomic E-state index is -1.47. The Morgan fingerprint density at radius 2 is 1.66 bits per heavy atom. The second-order valence-electron chi connectivity index (χ2n) is 9.93. The Bertz CT molecular complexity index is 571. The Balaban J connectivity index is 0.000000990. The second-order valence-corrected chi connectivity index (χ2v) is 17.1. The molecular formula is C23H42Cl2N2SiTi-2. The molecular weight excluding hydrogens is 451 g/mol. The summed E-state index contributed by atoms with van der Waals surface area (Å²) in [5, 5.41) is 4.60. The van der Waals surface area contributed by atoms with E-state index in [0.29, 0.717) is 11.8 Å². The number of hydrogen-bond acceptors (Lipinski definition) is 1. The van der Waals surface area contributed by atoms with E-state index in [1.807, 2.05) is 0 Å². The van der Waals surface area contributed by atoms with Crippen molar-refractivity contribution in [3.8, 4) is 0 Å². The number of piperazine rings is 1. The predicted octanol–water partition coefficient (Wildman–Crippen LogP) is 7.53. The van der Waals surface area contributed by atoms with Crippen molar-refractivity contribution >= 4 is 26.8 Å². The van der Waals surface area contributed by atoms with Gasteiger partial charge >= 0.3 is 35.6 Å². The molecule has 2 aliphatic carbocycles. The van der Waals surface area contributed by atoms with Gasteiger partial charge in [0, 0.05) is 0 Å². The van der Waals surface area contributed by atoms with Crippen LogP contribution in [0.1, 0.15) is 41.0 Å². The van der Waals surface area contributed by atoms with Gasteiger partial charge in [0.05, 0.1) is 0 Å². The molecule has 6 heteroatoms. The van der Waals surface area contributed by atoms with Gasteiger partial charge in [-0.05, 0) is 60.2 Å². The third kappa shape index (κ3) is 6.46. The van der Waals surface area contributed by atoms with Crippen molar-refractivity contribution in [3.63, 3.8) is 0 Å². The van der Waals surface area contributed by atoms with E-state index < -0.39 is 25.3 Å². The van der Waals surface area contributed by atoms with Crippen LogP contribution in [0.15, 0.2) is 23.3 Å². The molecule has 0 aromatic heterocycles. The first-order valence-corrected chi connectivity index (χ1v) is 18.2. The summed E-state index contributed by atoms with van der Waals surface area (Å²) in [5.41, 5.74) is 4.22. The molecule has 29 heavy (non-hydrogen) atoms. The van der Waals surface area contributed by atoms with E-state index in [1.54, 1.807) is 11.1 Å². The number of allylic oxidation sites excluding steroid dienone is 4. The Kier molecular flexibility index (Phi) is 11.8. The van der Waals surface area contributed by atoms with Gasteiger partial charge in [-0.3, -0.25) is 0 Å². The maximum absolute atomic E-state index is 4.89. The van der Waals surface area contributed by atoms with Crippen molar-refractivity contribution in [1.82, 2.24) is 4.57 Å². The van der Waals surface area contributed by atoms with Crippen molar-refractivity contribution in [2.24, 2.45) is 29.6 Å². The van der Waals surface area contributed by atoms with Gasteiger partial charge in [-0.15, -0.1) is 13.1 Å². The summed E-state index contributed by atoms with van der Waals surface area (Å²) < 4.78 is 2.87. The Morgan fingerprint density at radius 3 is 2.14 bits per heavy atom. The number of fused-ring (bicyclic) bond motifs is 1. The maximum atomic E-state index is 4.89. The second kappa shape index (κ2) is 12.2. The van der Waals surface area contributed by atoms with E-state index in [-0.39, 0.29) is 7.43 Å². The van der Waals surface area contributed by atoms with Crippen LogP contribution in [-0.2, 0) is 17.0 Å². The molecule has 0 N–H and O–H groups in total. The van der Waals surface area contributed by atoms with Gasteiger partial charge in [0.25, 0.3) is 0 Å². The average Bonchev–Trinajstić information content (AvgIpc) is 2.98. The summed E-state index contributed by atoms with van der Waals surface area (Å²) in [6, 6.07) is 0. The van der Waals surface area contributed by atoms with Crippen LogP contribution < -0.4 is 0 Å². The normalized spacial score (nSPS) is 30.0. The Morgan fingerprint density at radius 1 is 1.10 bits per heavy atom. The van der Waals surface area contributed by atoms with Crippen LogP contribution in [0.2, 0.25) is 18.6 Å². The van der Waals surface area contributed by atoms with Crippen LogP contribution in [0.3, 0.4) is 0 Å². The van der Waals surface area contributed by atoms with Crippen LogP contribution >= 0.6 is 18.6 Å². The van der Waals surface area contributed by atoms with Gasteiger partial charge in [0.15, 0.2) is 0 Å². The standard InChI is InChI=1S/C22H39N2Si.CH3.2ClH.Ti/c1-15(2)18-13-19(16(3)4)20-12-17(5)22(21(20)14-18)25(6,7)24-10-8-23-9-11-24;;;;/h13-17,20-22H,8-12H2,1-7H3;1H3;2*1H;/q2*-1;;;+2/p-2. The van der Waals surface area contributed by atoms with Crippen LogP contribution in [0, 0.1) is 37.0 Å². The zero-order valence-electron chi connectivity index (χ0n) is 19.8. The molecule has 1 heterocycles. The first kappa shape index (κ1) is 27.9. The summed E-state index contributed by atoms with van der Waals surface area (Å²) in [4.78, 5) is 0. The monoisotopic (exact) mass is 492 g/mol. The fourth-order valence-electron chi connectivity index (χ4n) is 6.00. The summed E-state index contributed by atoms with van der Waals surface area (Å²) in [5.74, 6) is 3.74. The van der Waals surface area contributed by atoms with Crippen molar-refractivity contribution in [3.05, 3.63) is 36.0 Å². The molecule has 2 nitrogen and oxygen atoms in total. The van der Waals surface area contributed by atoms with Gasteiger partial charge in [0.1, 0.15) is 8.24 Å². The molecule has 0 bridgehead atoms. The molecule has 1 saturated carbocycles. The third-order valence-corrected chi connectivity index (χ3v) is 11.9. The quantitative estimate of drug-likeness (QED) is 0.292. The van der Waals surface area contributed by atoms with E-state index in [4.69, 9.17) is 18.6 Å². The molecule has 0 aromatic rings. The molecule has 3 aliphatic rings. The molecule has 0 spiro atoms. The molecule has 1 saturated heterocycles. The summed E-state index contributed by atoms with van der Waals surface area (Å²) >= 11 is -0.556. The SMILES string of the molecule is CC(C)C1=CC2C(CC(C)C2[Si](C)(C)N2CC[N-]CC2)C(C(C)C)=C1.[CH3-].[Cl][Ti][Cl]. The molecule has 4 atom stereocenters. The number of rotatable bonds is 4. The molecule has 0 amide bonds. The minimum absolute atomic E-state index is 0. The molecule has 2 fully saturated rings. The molecule has 4 unspecified atom stereocenters. The zero-order valence-corrected chi connectivity index (χ0v) is 23.9. The molecule has 168 valence electrons. The van der Waals surface area contributed by atoms with Gasteiger partial charge < -0.3 is 17.3 Å². The number of nitrogens with zero attached hydrogens (tertiary/aromatic N) is 2. The number of hydrogen-bond donors (Lipinski definition) is 0. The van der Waals surface area contributed by atoms with Gasteiger partial charge in [-0.1, -0.05) is 65.4 Å². The average molecular weight is 493 g/mol. The first-order chi connectivity index (χ1) is 13.1. The van der Waals surface area contributed by atoms with Gasteiger partial charge in [-0.25, -0.2) is 0 Å². The molecule has 0 aromatic carbocycles. The molecule has 0 radical (unpaired) electrons. The Labute approximate surface area is 199 Å². The van der Waals surface area contributed by atoms with E-state index in [0.717, 1.165) is 36.4 Å². The third-order valence-electron chi connectivity index (χ3n) is 7.28. The summed E-state index contributed by atoms with van der Waals surface area (Å²) in [6.45, 7) is 21.9. The Hall–Kier alpha value is 0.911. The van der Waals surface area contributed by atoms with Crippen LogP contribution in [-0.4, -0.2) is 39.0 Å². The molecule has 3 rings (SSSR count). The van der Waals surface area contributed by atoms with E-state index in [2.05, 4.69) is 69.7 Å². The van der Waals surface area contributed by atoms with E-state index in [9.17, 15) is 0 Å². The predicted molar refractivity (Wildman–Crippen MR) is 131 cm³/mol. The van der Waals surface area contributed by atoms with Crippen LogP contribution in [0.25, 0.3) is 5.32 Å².